The molecule has 4 aromatic heterocycles. The summed E-state index contributed by atoms with van der Waals surface area (Å²) >= 11 is 7.90. The highest BCUT2D eigenvalue weighted by atomic mass is 35.5. The van der Waals surface area contributed by atoms with Crippen LogP contribution < -0.4 is 21.5 Å². The van der Waals surface area contributed by atoms with Gasteiger partial charge in [0.1, 0.15) is 12.4 Å². The van der Waals surface area contributed by atoms with Crippen molar-refractivity contribution in [2.24, 2.45) is 0 Å². The van der Waals surface area contributed by atoms with Gasteiger partial charge in [0, 0.05) is 46.2 Å². The Balaban J connectivity index is 1.68. The van der Waals surface area contributed by atoms with Crippen LogP contribution in [0.2, 0.25) is 5.02 Å². The first kappa shape index (κ1) is 23.5. The molecule has 1 N–H and O–H groups in total. The molecule has 0 aliphatic carbocycles. The molecule has 0 spiro atoms. The third-order valence-corrected chi connectivity index (χ3v) is 6.46. The number of aryl methyl sites for hydroxylation is 1. The van der Waals surface area contributed by atoms with E-state index in [-0.39, 0.29) is 17.7 Å². The molecule has 180 valence electrons. The molecule has 0 fully saturated rings. The summed E-state index contributed by atoms with van der Waals surface area (Å²) in [6, 6.07) is 11.0. The number of thiazole rings is 1. The van der Waals surface area contributed by atoms with E-state index >= 15 is 0 Å². The Morgan fingerprint density at radius 1 is 1.11 bits per heavy atom. The Morgan fingerprint density at radius 2 is 1.97 bits per heavy atom. The number of nitrogens with zero attached hydrogens (tertiary/aromatic N) is 4. The molecule has 1 aromatic carbocycles. The number of hydrogen-bond donors (Lipinski definition) is 1. The molecular weight excluding hydrogens is 502 g/mol. The van der Waals surface area contributed by atoms with Crippen LogP contribution in [0.15, 0.2) is 87.1 Å². The largest absolute Gasteiger partial charge is 0.487 e. The highest BCUT2D eigenvalue weighted by molar-refractivity contribution is 7.09. The van der Waals surface area contributed by atoms with Crippen molar-refractivity contribution in [3.8, 4) is 28.3 Å². The molecule has 5 rings (SSSR count). The normalized spacial score (nSPS) is 10.9. The molecule has 0 radical (unpaired) electrons. The van der Waals surface area contributed by atoms with Crippen molar-refractivity contribution in [3.05, 3.63) is 120 Å². The Hall–Kier alpha value is -4.28. The van der Waals surface area contributed by atoms with Crippen LogP contribution in [0.1, 0.15) is 10.6 Å². The van der Waals surface area contributed by atoms with E-state index in [1.807, 2.05) is 6.92 Å². The average molecular weight is 520 g/mol. The molecule has 0 saturated heterocycles. The van der Waals surface area contributed by atoms with Crippen LogP contribution in [0.5, 0.6) is 5.75 Å². The maximum Gasteiger partial charge on any atom is 0.340 e. The number of hydrogen-bond acceptors (Lipinski definition) is 7. The molecule has 0 amide bonds. The second-order valence-electron chi connectivity index (χ2n) is 7.78. The van der Waals surface area contributed by atoms with Crippen molar-refractivity contribution in [3.63, 3.8) is 0 Å². The number of benzene rings is 1. The van der Waals surface area contributed by atoms with Gasteiger partial charge < -0.3 is 9.72 Å². The molecule has 5 aromatic rings. The summed E-state index contributed by atoms with van der Waals surface area (Å²) in [6.45, 7) is 2.20. The number of halogens is 1. The molecule has 0 unspecified atom stereocenters. The number of aromatic nitrogens is 5. The van der Waals surface area contributed by atoms with Crippen LogP contribution in [-0.2, 0) is 6.61 Å². The van der Waals surface area contributed by atoms with Crippen molar-refractivity contribution < 1.29 is 4.74 Å². The maximum absolute atomic E-state index is 13.6. The van der Waals surface area contributed by atoms with Gasteiger partial charge in [0.05, 0.1) is 34.3 Å². The van der Waals surface area contributed by atoms with E-state index in [2.05, 4.69) is 15.0 Å². The number of rotatable bonds is 6. The molecule has 0 aliphatic rings. The van der Waals surface area contributed by atoms with E-state index in [0.29, 0.717) is 27.7 Å². The third kappa shape index (κ3) is 4.64. The Bertz CT molecular complexity index is 1720. The fourth-order valence-corrected chi connectivity index (χ4v) is 4.42. The summed E-state index contributed by atoms with van der Waals surface area (Å²) in [5, 5.41) is 0.342. The van der Waals surface area contributed by atoms with E-state index in [1.54, 1.807) is 42.0 Å². The zero-order valence-electron chi connectivity index (χ0n) is 18.8. The molecule has 0 atom stereocenters. The van der Waals surface area contributed by atoms with Crippen LogP contribution in [-0.4, -0.2) is 24.1 Å². The summed E-state index contributed by atoms with van der Waals surface area (Å²) in [4.78, 5) is 50.5. The van der Waals surface area contributed by atoms with Gasteiger partial charge >= 0.3 is 5.69 Å². The smallest absolute Gasteiger partial charge is 0.340 e. The molecule has 9 nitrogen and oxygen atoms in total. The molecule has 4 heterocycles. The summed E-state index contributed by atoms with van der Waals surface area (Å²) in [6.07, 6.45) is 5.81. The highest BCUT2D eigenvalue weighted by Gasteiger charge is 2.17. The minimum atomic E-state index is -0.621. The quantitative estimate of drug-likeness (QED) is 0.366. The van der Waals surface area contributed by atoms with Crippen molar-refractivity contribution in [1.82, 2.24) is 24.1 Å². The van der Waals surface area contributed by atoms with E-state index in [4.69, 9.17) is 16.3 Å². The minimum Gasteiger partial charge on any atom is -0.487 e. The van der Waals surface area contributed by atoms with E-state index < -0.39 is 11.2 Å². The Labute approximate surface area is 212 Å². The fourth-order valence-electron chi connectivity index (χ4n) is 3.62. The SMILES string of the molecule is Cc1scnc1COc1cc(Cl)cc(-n2cc(-c3ccc(=O)[nH]c3)c(=O)n(-c3cccnc3)c2=O)c1. The second-order valence-corrected chi connectivity index (χ2v) is 9.27. The molecule has 11 heteroatoms. The van der Waals surface area contributed by atoms with Crippen molar-refractivity contribution in [1.29, 1.82) is 0 Å². The maximum atomic E-state index is 13.6. The molecule has 36 heavy (non-hydrogen) atoms. The zero-order valence-corrected chi connectivity index (χ0v) is 20.4. The predicted octanol–water partition coefficient (Wildman–Crippen LogP) is 3.74. The van der Waals surface area contributed by atoms with Gasteiger partial charge in [-0.05, 0) is 37.3 Å². The molecule has 0 aliphatic heterocycles. The first-order valence-corrected chi connectivity index (χ1v) is 12.0. The first-order valence-electron chi connectivity index (χ1n) is 10.7. The van der Waals surface area contributed by atoms with Crippen molar-refractivity contribution in [2.75, 3.05) is 0 Å². The summed E-state index contributed by atoms with van der Waals surface area (Å²) in [5.74, 6) is 0.432. The van der Waals surface area contributed by atoms with Gasteiger partial charge in [-0.25, -0.2) is 14.3 Å². The average Bonchev–Trinajstić information content (AvgIpc) is 3.28. The van der Waals surface area contributed by atoms with Crippen molar-refractivity contribution >= 4 is 22.9 Å². The lowest BCUT2D eigenvalue weighted by Gasteiger charge is -2.15. The van der Waals surface area contributed by atoms with Gasteiger partial charge in [-0.15, -0.1) is 11.3 Å². The molecular formula is C25H18ClN5O4S. The highest BCUT2D eigenvalue weighted by Crippen LogP contribution is 2.25. The summed E-state index contributed by atoms with van der Waals surface area (Å²) in [7, 11) is 0. The predicted molar refractivity (Wildman–Crippen MR) is 138 cm³/mol. The van der Waals surface area contributed by atoms with Gasteiger partial charge in [-0.1, -0.05) is 11.6 Å². The topological polar surface area (TPSA) is 112 Å². The van der Waals surface area contributed by atoms with Gasteiger partial charge in [-0.3, -0.25) is 19.1 Å². The van der Waals surface area contributed by atoms with Gasteiger partial charge in [0.15, 0.2) is 0 Å². The molecule has 0 bridgehead atoms. The van der Waals surface area contributed by atoms with E-state index in [9.17, 15) is 14.4 Å². The third-order valence-electron chi connectivity index (χ3n) is 5.44. The van der Waals surface area contributed by atoms with Crippen molar-refractivity contribution in [2.45, 2.75) is 13.5 Å². The zero-order chi connectivity index (χ0) is 25.2. The standard InChI is InChI=1S/C25H18ClN5O4S/c1-15-22(29-14-36-15)13-35-20-8-17(26)7-19(9-20)30-12-21(16-4-5-23(32)28-10-16)24(33)31(25(30)34)18-3-2-6-27-11-18/h2-12,14H,13H2,1H3,(H,28,32). The summed E-state index contributed by atoms with van der Waals surface area (Å²) in [5.41, 5.74) is 2.37. The number of nitrogens with one attached hydrogen (secondary N) is 1. The summed E-state index contributed by atoms with van der Waals surface area (Å²) < 4.78 is 8.24. The van der Waals surface area contributed by atoms with E-state index in [1.165, 1.54) is 46.6 Å². The van der Waals surface area contributed by atoms with Crippen LogP contribution in [0.25, 0.3) is 22.5 Å². The van der Waals surface area contributed by atoms with Gasteiger partial charge in [0.2, 0.25) is 5.56 Å². The Morgan fingerprint density at radius 3 is 2.67 bits per heavy atom. The van der Waals surface area contributed by atoms with Gasteiger partial charge in [0.25, 0.3) is 5.56 Å². The lowest BCUT2D eigenvalue weighted by atomic mass is 10.1. The fraction of sp³-hybridized carbons (Fsp3) is 0.0800. The number of pyridine rings is 2. The lowest BCUT2D eigenvalue weighted by Crippen LogP contribution is -2.38. The van der Waals surface area contributed by atoms with E-state index in [0.717, 1.165) is 15.1 Å². The van der Waals surface area contributed by atoms with Crippen LogP contribution in [0.3, 0.4) is 0 Å². The molecule has 0 saturated carbocycles. The minimum absolute atomic E-state index is 0.190. The number of aromatic amines is 1. The second kappa shape index (κ2) is 9.76. The monoisotopic (exact) mass is 519 g/mol. The van der Waals surface area contributed by atoms with Crippen LogP contribution in [0, 0.1) is 6.92 Å². The van der Waals surface area contributed by atoms with Crippen LogP contribution in [0.4, 0.5) is 0 Å². The number of H-pyrrole nitrogens is 1. The Kier molecular flexibility index (Phi) is 6.36. The number of ether oxygens (including phenoxy) is 1. The first-order chi connectivity index (χ1) is 17.4. The van der Waals surface area contributed by atoms with Gasteiger partial charge in [-0.2, -0.15) is 0 Å². The lowest BCUT2D eigenvalue weighted by molar-refractivity contribution is 0.301. The van der Waals surface area contributed by atoms with Crippen LogP contribution >= 0.6 is 22.9 Å².